The van der Waals surface area contributed by atoms with Gasteiger partial charge in [0, 0.05) is 11.6 Å². The molecule has 0 aliphatic carbocycles. The molecule has 0 aliphatic rings. The van der Waals surface area contributed by atoms with Crippen LogP contribution >= 0.6 is 0 Å². The Morgan fingerprint density at radius 2 is 1.68 bits per heavy atom. The Morgan fingerprint density at radius 3 is 2.45 bits per heavy atom. The molecule has 31 heavy (non-hydrogen) atoms. The van der Waals surface area contributed by atoms with Gasteiger partial charge in [0.15, 0.2) is 5.76 Å². The fourth-order valence-corrected chi connectivity index (χ4v) is 3.64. The molecule has 1 atom stereocenters. The van der Waals surface area contributed by atoms with Crippen LogP contribution in [0.15, 0.2) is 108 Å². The third-order valence-electron chi connectivity index (χ3n) is 5.13. The van der Waals surface area contributed by atoms with Crippen molar-refractivity contribution in [2.24, 2.45) is 0 Å². The van der Waals surface area contributed by atoms with Crippen LogP contribution in [-0.2, 0) is 0 Å². The van der Waals surface area contributed by atoms with Crippen LogP contribution in [0.4, 0.5) is 0 Å². The number of fused-ring (bicyclic) bond motifs is 1. The zero-order valence-corrected chi connectivity index (χ0v) is 16.6. The minimum Gasteiger partial charge on any atom is -0.463 e. The number of para-hydroxylation sites is 1. The van der Waals surface area contributed by atoms with Crippen LogP contribution in [0.3, 0.4) is 0 Å². The first kappa shape index (κ1) is 18.8. The summed E-state index contributed by atoms with van der Waals surface area (Å²) in [6, 6.07) is 28.2. The molecule has 5 rings (SSSR count). The summed E-state index contributed by atoms with van der Waals surface area (Å²) < 4.78 is 5.52. The predicted molar refractivity (Wildman–Crippen MR) is 119 cm³/mol. The lowest BCUT2D eigenvalue weighted by atomic mass is 10.0. The van der Waals surface area contributed by atoms with Crippen molar-refractivity contribution in [1.82, 2.24) is 15.3 Å². The summed E-state index contributed by atoms with van der Waals surface area (Å²) >= 11 is 0. The maximum absolute atomic E-state index is 13.5. The van der Waals surface area contributed by atoms with Gasteiger partial charge < -0.3 is 9.73 Å². The van der Waals surface area contributed by atoms with Crippen molar-refractivity contribution in [2.75, 3.05) is 0 Å². The Bertz CT molecular complexity index is 1280. The number of carbonyl (C=O) groups excluding carboxylic acids is 1. The van der Waals surface area contributed by atoms with Crippen LogP contribution in [0.1, 0.15) is 27.7 Å². The Kier molecular flexibility index (Phi) is 4.99. The number of nitrogens with zero attached hydrogens (tertiary/aromatic N) is 2. The van der Waals surface area contributed by atoms with Gasteiger partial charge in [0.25, 0.3) is 5.91 Å². The number of hydrogen-bond donors (Lipinski definition) is 1. The van der Waals surface area contributed by atoms with Crippen molar-refractivity contribution in [3.05, 3.63) is 120 Å². The van der Waals surface area contributed by atoms with Crippen molar-refractivity contribution in [3.63, 3.8) is 0 Å². The number of aromatic nitrogens is 2. The van der Waals surface area contributed by atoms with Gasteiger partial charge in [0.2, 0.25) is 0 Å². The van der Waals surface area contributed by atoms with E-state index in [9.17, 15) is 4.79 Å². The summed E-state index contributed by atoms with van der Waals surface area (Å²) in [6.07, 6.45) is 3.33. The summed E-state index contributed by atoms with van der Waals surface area (Å²) in [5.74, 6) is 0.412. The highest BCUT2D eigenvalue weighted by Crippen LogP contribution is 2.27. The second-order valence-corrected chi connectivity index (χ2v) is 7.12. The van der Waals surface area contributed by atoms with Crippen LogP contribution in [-0.4, -0.2) is 15.9 Å². The van der Waals surface area contributed by atoms with Gasteiger partial charge in [-0.25, -0.2) is 4.98 Å². The first-order chi connectivity index (χ1) is 15.3. The van der Waals surface area contributed by atoms with Gasteiger partial charge in [0.05, 0.1) is 29.1 Å². The van der Waals surface area contributed by atoms with Crippen molar-refractivity contribution in [3.8, 4) is 11.5 Å². The van der Waals surface area contributed by atoms with Crippen molar-refractivity contribution < 1.29 is 9.21 Å². The Labute approximate surface area is 179 Å². The first-order valence-corrected chi connectivity index (χ1v) is 10.00. The average molecular weight is 405 g/mol. The Hall–Kier alpha value is -4.25. The normalized spacial score (nSPS) is 11.9. The van der Waals surface area contributed by atoms with E-state index >= 15 is 0 Å². The molecule has 0 fully saturated rings. The lowest BCUT2D eigenvalue weighted by Crippen LogP contribution is -2.30. The highest BCUT2D eigenvalue weighted by Gasteiger charge is 2.21. The van der Waals surface area contributed by atoms with E-state index in [0.29, 0.717) is 17.0 Å². The second kappa shape index (κ2) is 8.24. The fourth-order valence-electron chi connectivity index (χ4n) is 3.64. The summed E-state index contributed by atoms with van der Waals surface area (Å²) in [4.78, 5) is 22.7. The van der Waals surface area contributed by atoms with E-state index in [2.05, 4.69) is 15.3 Å². The van der Waals surface area contributed by atoms with Crippen LogP contribution in [0, 0.1) is 0 Å². The molecule has 3 aromatic heterocycles. The molecule has 1 unspecified atom stereocenters. The number of benzene rings is 2. The number of rotatable bonds is 5. The number of amides is 1. The van der Waals surface area contributed by atoms with Crippen LogP contribution in [0.5, 0.6) is 0 Å². The molecule has 5 aromatic rings. The molecular weight excluding hydrogens is 386 g/mol. The highest BCUT2D eigenvalue weighted by molar-refractivity contribution is 6.07. The van der Waals surface area contributed by atoms with Gasteiger partial charge in [-0.2, -0.15) is 0 Å². The summed E-state index contributed by atoms with van der Waals surface area (Å²) in [5, 5.41) is 3.95. The lowest BCUT2D eigenvalue weighted by molar-refractivity contribution is 0.0944. The third kappa shape index (κ3) is 3.81. The number of hydrogen-bond acceptors (Lipinski definition) is 4. The number of pyridine rings is 2. The molecule has 0 bridgehead atoms. The van der Waals surface area contributed by atoms with Crippen molar-refractivity contribution >= 4 is 16.8 Å². The standard InChI is InChI=1S/C26H19N3O2/c30-26(29-25(18-9-2-1-3-10-18)22-13-6-7-15-27-22)20-17-23(24-14-8-16-31-24)28-21-12-5-4-11-19(20)21/h1-17,25H,(H,29,30). The third-order valence-corrected chi connectivity index (χ3v) is 5.13. The number of nitrogens with one attached hydrogen (secondary N) is 1. The summed E-state index contributed by atoms with van der Waals surface area (Å²) in [7, 11) is 0. The smallest absolute Gasteiger partial charge is 0.252 e. The molecule has 0 aliphatic heterocycles. The quantitative estimate of drug-likeness (QED) is 0.425. The zero-order chi connectivity index (χ0) is 21.0. The monoisotopic (exact) mass is 405 g/mol. The van der Waals surface area contributed by atoms with Gasteiger partial charge in [-0.3, -0.25) is 9.78 Å². The topological polar surface area (TPSA) is 68.0 Å². The van der Waals surface area contributed by atoms with E-state index in [1.807, 2.05) is 78.9 Å². The Balaban J connectivity index is 1.59. The highest BCUT2D eigenvalue weighted by atomic mass is 16.3. The molecule has 5 heteroatoms. The zero-order valence-electron chi connectivity index (χ0n) is 16.6. The van der Waals surface area contributed by atoms with E-state index in [1.165, 1.54) is 0 Å². The number of furan rings is 1. The van der Waals surface area contributed by atoms with E-state index in [4.69, 9.17) is 4.42 Å². The molecular formula is C26H19N3O2. The number of carbonyl (C=O) groups is 1. The van der Waals surface area contributed by atoms with Gasteiger partial charge in [-0.1, -0.05) is 54.6 Å². The van der Waals surface area contributed by atoms with Crippen LogP contribution < -0.4 is 5.32 Å². The van der Waals surface area contributed by atoms with Crippen LogP contribution in [0.2, 0.25) is 0 Å². The molecule has 1 N–H and O–H groups in total. The molecule has 5 nitrogen and oxygen atoms in total. The fraction of sp³-hybridized carbons (Fsp3) is 0.0385. The van der Waals surface area contributed by atoms with Gasteiger partial charge in [-0.15, -0.1) is 0 Å². The van der Waals surface area contributed by atoms with E-state index in [-0.39, 0.29) is 11.9 Å². The molecule has 3 heterocycles. The maximum Gasteiger partial charge on any atom is 0.252 e. The van der Waals surface area contributed by atoms with Gasteiger partial charge in [-0.05, 0) is 42.0 Å². The molecule has 0 saturated heterocycles. The summed E-state index contributed by atoms with van der Waals surface area (Å²) in [5.41, 5.74) is 3.61. The van der Waals surface area contributed by atoms with Crippen molar-refractivity contribution in [2.45, 2.75) is 6.04 Å². The summed E-state index contributed by atoms with van der Waals surface area (Å²) in [6.45, 7) is 0. The first-order valence-electron chi connectivity index (χ1n) is 10.00. The minimum absolute atomic E-state index is 0.203. The van der Waals surface area contributed by atoms with Crippen LogP contribution in [0.25, 0.3) is 22.4 Å². The molecule has 0 radical (unpaired) electrons. The minimum atomic E-state index is -0.381. The Morgan fingerprint density at radius 1 is 0.871 bits per heavy atom. The van der Waals surface area contributed by atoms with Gasteiger partial charge in [0.1, 0.15) is 5.69 Å². The lowest BCUT2D eigenvalue weighted by Gasteiger charge is -2.19. The van der Waals surface area contributed by atoms with E-state index in [0.717, 1.165) is 22.2 Å². The SMILES string of the molecule is O=C(NC(c1ccccc1)c1ccccn1)c1cc(-c2ccco2)nc2ccccc12. The molecule has 0 saturated carbocycles. The average Bonchev–Trinajstić information content (AvgIpc) is 3.38. The van der Waals surface area contributed by atoms with Gasteiger partial charge >= 0.3 is 0 Å². The van der Waals surface area contributed by atoms with E-state index in [1.54, 1.807) is 24.6 Å². The maximum atomic E-state index is 13.5. The van der Waals surface area contributed by atoms with Crippen molar-refractivity contribution in [1.29, 1.82) is 0 Å². The predicted octanol–water partition coefficient (Wildman–Crippen LogP) is 5.41. The molecule has 150 valence electrons. The largest absolute Gasteiger partial charge is 0.463 e. The second-order valence-electron chi connectivity index (χ2n) is 7.12. The molecule has 0 spiro atoms. The molecule has 1 amide bonds. The molecule has 2 aromatic carbocycles. The van der Waals surface area contributed by atoms with E-state index < -0.39 is 0 Å².